The number of likely N-dealkylation sites (N-methyl/N-ethyl adjacent to an activating group) is 1. The molecule has 1 heterocycles. The number of aliphatic hydroxyl groups excluding tert-OH is 2. The molecule has 0 unspecified atom stereocenters. The van der Waals surface area contributed by atoms with Gasteiger partial charge in [-0.1, -0.05) is 111 Å². The number of nitrogens with one attached hydrogen (secondary N) is 11. The summed E-state index contributed by atoms with van der Waals surface area (Å²) in [6, 6.07) is -6.73. The molecule has 1 aliphatic heterocycles. The number of primary amides is 1. The van der Waals surface area contributed by atoms with Crippen molar-refractivity contribution in [3.05, 3.63) is 35.9 Å². The first-order valence-electron chi connectivity index (χ1n) is 29.0. The van der Waals surface area contributed by atoms with Crippen molar-refractivity contribution >= 4 is 76.9 Å². The number of guanidine groups is 1. The zero-order valence-corrected chi connectivity index (χ0v) is 51.1. The first kappa shape index (κ1) is 74.1. The van der Waals surface area contributed by atoms with Crippen LogP contribution in [0.25, 0.3) is 0 Å². The van der Waals surface area contributed by atoms with Gasteiger partial charge in [-0.2, -0.15) is 0 Å². The molecular weight excluding hydrogens is 1120 g/mol. The maximum Gasteiger partial charge on any atom is 0.329 e. The highest BCUT2D eigenvalue weighted by atomic mass is 16.5. The highest BCUT2D eigenvalue weighted by Gasteiger charge is 2.41. The van der Waals surface area contributed by atoms with Gasteiger partial charge in [0.2, 0.25) is 65.0 Å². The molecule has 1 saturated heterocycles. The van der Waals surface area contributed by atoms with Gasteiger partial charge in [-0.05, 0) is 63.0 Å². The van der Waals surface area contributed by atoms with Gasteiger partial charge in [-0.15, -0.1) is 0 Å². The van der Waals surface area contributed by atoms with Crippen molar-refractivity contribution in [2.75, 3.05) is 26.8 Å². The number of nitrogens with zero attached hydrogens (tertiary/aromatic N) is 1. The van der Waals surface area contributed by atoms with Crippen molar-refractivity contribution in [2.45, 2.75) is 187 Å². The predicted octanol–water partition coefficient (Wildman–Crippen LogP) is -4.66. The number of nitrogens with two attached hydrogens (primary N) is 3. The standard InChI is InChI=1S/C56H93N15O15/c1-12-27(5)40(68-47(77)35(60-11)23-33-19-17-16-18-20-33)51(81)65-37(25-72)49(79)63-34(21-22-39(57)74)46(76)67-42(29(7)14-3)53(83)69-41(28(6)13-2)52(82)66-38(26-73)50(80)71-44-32(10)86-55(85)43(30(8)15-4)70-48(78)36(24-61-56(58)59)64-45(75)31(9)62-54(44)84/h16-20,27-32,34-38,40-44,60,72-73H,12-15,21-26H2,1-11H3,(H2,57,74)(H,62,84)(H,63,79)(H,64,75)(H,65,81)(H,66,82)(H,67,76)(H,68,77)(H,69,83)(H,70,78)(H,71,80)(H4,58,59,61)/t27-,28-,29-,30-,31-,32-,34+,35+,36-,37-,38-,40-,41-,42+,43-,44+/m0/s1. The molecule has 86 heavy (non-hydrogen) atoms. The molecule has 0 bridgehead atoms. The van der Waals surface area contributed by atoms with Crippen LogP contribution in [0.4, 0.5) is 0 Å². The van der Waals surface area contributed by atoms with E-state index in [2.05, 4.69) is 63.5 Å². The topological polar surface area (TPSA) is 477 Å². The zero-order valence-electron chi connectivity index (χ0n) is 51.1. The third kappa shape index (κ3) is 23.1. The number of aliphatic hydroxyl groups is 2. The van der Waals surface area contributed by atoms with E-state index in [0.717, 1.165) is 5.56 Å². The second kappa shape index (κ2) is 36.8. The second-order valence-electron chi connectivity index (χ2n) is 21.8. The zero-order chi connectivity index (χ0) is 65.1. The average molecular weight is 1220 g/mol. The van der Waals surface area contributed by atoms with Crippen LogP contribution in [0.5, 0.6) is 0 Å². The van der Waals surface area contributed by atoms with Gasteiger partial charge in [-0.25, -0.2) is 4.79 Å². The number of rotatable bonds is 32. The summed E-state index contributed by atoms with van der Waals surface area (Å²) in [5, 5.41) is 48.9. The second-order valence-corrected chi connectivity index (χ2v) is 21.8. The molecular formula is C56H93N15O15. The molecule has 1 aromatic rings. The van der Waals surface area contributed by atoms with Crippen LogP contribution in [0.1, 0.15) is 113 Å². The van der Waals surface area contributed by atoms with Crippen LogP contribution in [0.15, 0.2) is 35.3 Å². The lowest BCUT2D eigenvalue weighted by atomic mass is 9.94. The summed E-state index contributed by atoms with van der Waals surface area (Å²) >= 11 is 0. The minimum absolute atomic E-state index is 0.248. The maximum atomic E-state index is 14.4. The lowest BCUT2D eigenvalue weighted by Crippen LogP contribution is -2.63. The van der Waals surface area contributed by atoms with Crippen molar-refractivity contribution in [3.63, 3.8) is 0 Å². The van der Waals surface area contributed by atoms with Crippen molar-refractivity contribution in [2.24, 2.45) is 45.9 Å². The third-order valence-corrected chi connectivity index (χ3v) is 15.2. The fraction of sp³-hybridized carbons (Fsp3) is 0.661. The number of carbonyl (C=O) groups is 12. The summed E-state index contributed by atoms with van der Waals surface area (Å²) in [4.78, 5) is 168. The van der Waals surface area contributed by atoms with Crippen molar-refractivity contribution in [3.8, 4) is 0 Å². The Kier molecular flexibility index (Phi) is 31.7. The molecule has 2 rings (SSSR count). The monoisotopic (exact) mass is 1220 g/mol. The Hall–Kier alpha value is -7.99. The Morgan fingerprint density at radius 3 is 1.52 bits per heavy atom. The first-order chi connectivity index (χ1) is 40.5. The van der Waals surface area contributed by atoms with E-state index >= 15 is 0 Å². The normalized spacial score (nSPS) is 21.2. The largest absolute Gasteiger partial charge is 0.458 e. The molecule has 11 amide bonds. The van der Waals surface area contributed by atoms with Gasteiger partial charge >= 0.3 is 5.97 Å². The molecule has 0 spiro atoms. The lowest BCUT2D eigenvalue weighted by molar-refractivity contribution is -0.157. The molecule has 19 N–H and O–H groups in total. The minimum Gasteiger partial charge on any atom is -0.458 e. The Bertz CT molecular complexity index is 2520. The van der Waals surface area contributed by atoms with E-state index < -0.39 is 206 Å². The van der Waals surface area contributed by atoms with E-state index in [9.17, 15) is 67.7 Å². The SMILES string of the molecule is CC[C@H](C)[C@H](NC(=O)[C@@H](Cc1ccccc1)NC)C(=O)N[C@@H](CO)C(=O)N[C@H](CCC(N)=O)C(=O)N[C@@H](C(=O)N[C@H](C(=O)N[C@@H](CO)C(=O)N[C@H]1C(=O)N[C@@H](C)C(=O)N[C@@H](CN=C(N)N)C(=O)N[C@@H]([C@@H](C)CC)C(=O)O[C@H]1C)[C@@H](C)CC)[C@@H](C)CC. The Labute approximate surface area is 501 Å². The van der Waals surface area contributed by atoms with Crippen LogP contribution in [0.3, 0.4) is 0 Å². The van der Waals surface area contributed by atoms with Crippen LogP contribution in [0, 0.1) is 23.7 Å². The van der Waals surface area contributed by atoms with Crippen LogP contribution in [-0.4, -0.2) is 186 Å². The van der Waals surface area contributed by atoms with Gasteiger partial charge < -0.3 is 90.6 Å². The number of esters is 1. The molecule has 30 heteroatoms. The fourth-order valence-corrected chi connectivity index (χ4v) is 8.72. The summed E-state index contributed by atoms with van der Waals surface area (Å²) in [7, 11) is 1.59. The van der Waals surface area contributed by atoms with Gasteiger partial charge in [0.15, 0.2) is 5.96 Å². The maximum absolute atomic E-state index is 14.4. The fourth-order valence-electron chi connectivity index (χ4n) is 8.72. The number of amides is 11. The van der Waals surface area contributed by atoms with E-state index in [-0.39, 0.29) is 12.8 Å². The molecule has 1 fully saturated rings. The molecule has 1 aromatic carbocycles. The molecule has 482 valence electrons. The van der Waals surface area contributed by atoms with Crippen LogP contribution in [0.2, 0.25) is 0 Å². The van der Waals surface area contributed by atoms with Gasteiger partial charge in [0.25, 0.3) is 0 Å². The molecule has 16 atom stereocenters. The number of ether oxygens (including phenoxy) is 1. The number of carbonyl (C=O) groups excluding carboxylic acids is 12. The molecule has 0 saturated carbocycles. The predicted molar refractivity (Wildman–Crippen MR) is 315 cm³/mol. The van der Waals surface area contributed by atoms with Crippen molar-refractivity contribution in [1.29, 1.82) is 0 Å². The van der Waals surface area contributed by atoms with Crippen molar-refractivity contribution < 1.29 is 72.5 Å². The van der Waals surface area contributed by atoms with Crippen molar-refractivity contribution in [1.82, 2.24) is 58.5 Å². The number of hydrogen-bond acceptors (Lipinski definition) is 17. The highest BCUT2D eigenvalue weighted by molar-refractivity contribution is 5.99. The molecule has 30 nitrogen and oxygen atoms in total. The highest BCUT2D eigenvalue weighted by Crippen LogP contribution is 2.17. The third-order valence-electron chi connectivity index (χ3n) is 15.2. The van der Waals surface area contributed by atoms with E-state index in [1.807, 2.05) is 30.3 Å². The summed E-state index contributed by atoms with van der Waals surface area (Å²) in [6.45, 7) is 13.5. The molecule has 1 aliphatic rings. The van der Waals surface area contributed by atoms with E-state index in [1.54, 1.807) is 62.4 Å². The number of cyclic esters (lactones) is 1. The van der Waals surface area contributed by atoms with Gasteiger partial charge in [0.1, 0.15) is 66.5 Å². The average Bonchev–Trinajstić information content (AvgIpc) is 3.62. The Balaban J connectivity index is 2.41. The molecule has 0 radical (unpaired) electrons. The minimum atomic E-state index is -1.84. The molecule has 0 aliphatic carbocycles. The van der Waals surface area contributed by atoms with E-state index in [4.69, 9.17) is 21.9 Å². The number of hydrogen-bond donors (Lipinski definition) is 16. The number of aliphatic imine (C=N–C) groups is 1. The van der Waals surface area contributed by atoms with Crippen LogP contribution < -0.4 is 75.7 Å². The number of benzene rings is 1. The van der Waals surface area contributed by atoms with Gasteiger partial charge in [0, 0.05) is 6.42 Å². The summed E-state index contributed by atoms with van der Waals surface area (Å²) in [5.74, 6) is -14.0. The van der Waals surface area contributed by atoms with E-state index in [1.165, 1.54) is 13.8 Å². The Morgan fingerprint density at radius 1 is 0.593 bits per heavy atom. The van der Waals surface area contributed by atoms with Crippen LogP contribution >= 0.6 is 0 Å². The Morgan fingerprint density at radius 2 is 1.06 bits per heavy atom. The van der Waals surface area contributed by atoms with E-state index in [0.29, 0.717) is 19.3 Å². The first-order valence-corrected chi connectivity index (χ1v) is 29.0. The summed E-state index contributed by atoms with van der Waals surface area (Å²) < 4.78 is 5.66. The smallest absolute Gasteiger partial charge is 0.329 e. The summed E-state index contributed by atoms with van der Waals surface area (Å²) in [5.41, 5.74) is 17.2. The quantitative estimate of drug-likeness (QED) is 0.0183. The van der Waals surface area contributed by atoms with Crippen LogP contribution in [-0.2, 0) is 68.7 Å². The van der Waals surface area contributed by atoms with Gasteiger partial charge in [-0.3, -0.25) is 57.7 Å². The van der Waals surface area contributed by atoms with Gasteiger partial charge in [0.05, 0.1) is 25.8 Å². The summed E-state index contributed by atoms with van der Waals surface area (Å²) in [6.07, 6.45) is -0.814. The molecule has 0 aromatic heterocycles. The lowest BCUT2D eigenvalue weighted by Gasteiger charge is -2.31.